The predicted molar refractivity (Wildman–Crippen MR) is 243 cm³/mol. The van der Waals surface area contributed by atoms with Crippen LogP contribution in [-0.4, -0.2) is 0 Å². The van der Waals surface area contributed by atoms with Crippen molar-refractivity contribution in [2.24, 2.45) is 0 Å². The van der Waals surface area contributed by atoms with Gasteiger partial charge in [0.2, 0.25) is 0 Å². The van der Waals surface area contributed by atoms with Gasteiger partial charge in [0, 0.05) is 37.2 Å². The summed E-state index contributed by atoms with van der Waals surface area (Å²) in [5, 5.41) is 2.61. The first-order valence-corrected chi connectivity index (χ1v) is 20.3. The summed E-state index contributed by atoms with van der Waals surface area (Å²) in [6.45, 7) is 0. The number of thiophene rings is 1. The third kappa shape index (κ3) is 6.31. The zero-order valence-electron chi connectivity index (χ0n) is 31.4. The van der Waals surface area contributed by atoms with Gasteiger partial charge < -0.3 is 4.90 Å². The van der Waals surface area contributed by atoms with E-state index in [-0.39, 0.29) is 0 Å². The second-order valence-electron chi connectivity index (χ2n) is 14.5. The molecule has 1 heterocycles. The molecule has 0 N–H and O–H groups in total. The predicted octanol–water partition coefficient (Wildman–Crippen LogP) is 15.2. The normalized spacial score (nSPS) is 11.5. The highest BCUT2D eigenvalue weighted by Crippen LogP contribution is 2.46. The second kappa shape index (κ2) is 14.9. The van der Waals surface area contributed by atoms with E-state index >= 15 is 0 Å². The lowest BCUT2D eigenvalue weighted by atomic mass is 9.65. The summed E-state index contributed by atoms with van der Waals surface area (Å²) in [5.41, 5.74) is 12.5. The summed E-state index contributed by atoms with van der Waals surface area (Å²) in [4.78, 5) is 2.39. The third-order valence-electron chi connectivity index (χ3n) is 11.2. The molecule has 0 aliphatic rings. The van der Waals surface area contributed by atoms with Crippen molar-refractivity contribution in [3.63, 3.8) is 0 Å². The van der Waals surface area contributed by atoms with Crippen molar-refractivity contribution in [2.45, 2.75) is 5.41 Å². The molecule has 0 unspecified atom stereocenters. The van der Waals surface area contributed by atoms with Gasteiger partial charge in [0.15, 0.2) is 0 Å². The van der Waals surface area contributed by atoms with E-state index in [9.17, 15) is 0 Å². The number of nitrogens with zero attached hydrogens (tertiary/aromatic N) is 1. The van der Waals surface area contributed by atoms with Crippen molar-refractivity contribution >= 4 is 48.6 Å². The van der Waals surface area contributed by atoms with E-state index in [0.29, 0.717) is 0 Å². The number of fused-ring (bicyclic) bond motifs is 3. The molecule has 57 heavy (non-hydrogen) atoms. The van der Waals surface area contributed by atoms with E-state index in [1.54, 1.807) is 0 Å². The lowest BCUT2D eigenvalue weighted by molar-refractivity contribution is 0.745. The molecule has 270 valence electrons. The van der Waals surface area contributed by atoms with Gasteiger partial charge in [-0.1, -0.05) is 194 Å². The van der Waals surface area contributed by atoms with Gasteiger partial charge in [0.25, 0.3) is 0 Å². The summed E-state index contributed by atoms with van der Waals surface area (Å²) in [5.74, 6) is 0. The van der Waals surface area contributed by atoms with Gasteiger partial charge in [-0.25, -0.2) is 0 Å². The topological polar surface area (TPSA) is 3.24 Å². The largest absolute Gasteiger partial charge is 0.310 e. The molecule has 0 saturated carbocycles. The van der Waals surface area contributed by atoms with Gasteiger partial charge in [-0.05, 0) is 87.0 Å². The lowest BCUT2D eigenvalue weighted by Crippen LogP contribution is -2.30. The zero-order valence-corrected chi connectivity index (χ0v) is 32.2. The van der Waals surface area contributed by atoms with Gasteiger partial charge in [0.1, 0.15) is 0 Å². The van der Waals surface area contributed by atoms with Crippen molar-refractivity contribution in [3.8, 4) is 22.3 Å². The fourth-order valence-electron chi connectivity index (χ4n) is 8.54. The highest BCUT2D eigenvalue weighted by atomic mass is 32.1. The van der Waals surface area contributed by atoms with Gasteiger partial charge in [-0.3, -0.25) is 0 Å². The fourth-order valence-corrected chi connectivity index (χ4v) is 9.68. The van der Waals surface area contributed by atoms with Crippen molar-refractivity contribution in [1.82, 2.24) is 0 Å². The Bertz CT molecular complexity index is 2820. The Balaban J connectivity index is 1.08. The monoisotopic (exact) mass is 745 g/mol. The van der Waals surface area contributed by atoms with Crippen LogP contribution in [0.5, 0.6) is 0 Å². The smallest absolute Gasteiger partial charge is 0.0701 e. The van der Waals surface area contributed by atoms with Gasteiger partial charge >= 0.3 is 0 Å². The molecule has 0 fully saturated rings. The first-order valence-electron chi connectivity index (χ1n) is 19.5. The standard InChI is InChI=1S/C55H39NS/c1-5-16-40(17-6-1)41-30-34-48(35-31-41)56(50-36-37-52-51-26-13-14-27-53(51)57-54(52)39-50)49-25-15-18-43(38-49)42-28-32-47(33-29-42)55(44-19-7-2-8-20-44,45-21-9-3-10-22-45)46-23-11-4-12-24-46/h1-39H. The molecule has 2 heteroatoms. The summed E-state index contributed by atoms with van der Waals surface area (Å²) >= 11 is 1.85. The van der Waals surface area contributed by atoms with Crippen LogP contribution >= 0.6 is 11.3 Å². The average Bonchev–Trinajstić information content (AvgIpc) is 3.67. The summed E-state index contributed by atoms with van der Waals surface area (Å²) in [7, 11) is 0. The van der Waals surface area contributed by atoms with Crippen LogP contribution in [0.3, 0.4) is 0 Å². The van der Waals surface area contributed by atoms with Gasteiger partial charge in [-0.15, -0.1) is 11.3 Å². The van der Waals surface area contributed by atoms with Crippen LogP contribution in [0.2, 0.25) is 0 Å². The van der Waals surface area contributed by atoms with E-state index in [0.717, 1.165) is 22.6 Å². The van der Waals surface area contributed by atoms with E-state index in [1.807, 2.05) is 11.3 Å². The molecule has 0 amide bonds. The molecule has 1 aromatic heterocycles. The van der Waals surface area contributed by atoms with E-state index < -0.39 is 5.41 Å². The maximum atomic E-state index is 2.39. The number of rotatable bonds is 9. The van der Waals surface area contributed by atoms with Crippen LogP contribution in [0.25, 0.3) is 42.4 Å². The van der Waals surface area contributed by atoms with Crippen molar-refractivity contribution in [2.75, 3.05) is 4.90 Å². The Morgan fingerprint density at radius 3 is 1.35 bits per heavy atom. The van der Waals surface area contributed by atoms with E-state index in [4.69, 9.17) is 0 Å². The molecule has 0 spiro atoms. The minimum absolute atomic E-state index is 0.488. The summed E-state index contributed by atoms with van der Waals surface area (Å²) in [6, 6.07) is 86.1. The van der Waals surface area contributed by atoms with E-state index in [2.05, 4.69) is 241 Å². The number of hydrogen-bond donors (Lipinski definition) is 0. The lowest BCUT2D eigenvalue weighted by Gasteiger charge is -2.37. The quantitative estimate of drug-likeness (QED) is 0.133. The van der Waals surface area contributed by atoms with Crippen LogP contribution in [0, 0.1) is 0 Å². The van der Waals surface area contributed by atoms with Gasteiger partial charge in [-0.2, -0.15) is 0 Å². The molecule has 10 rings (SSSR count). The molecule has 1 nitrogen and oxygen atoms in total. The zero-order chi connectivity index (χ0) is 38.0. The molecule has 0 bridgehead atoms. The SMILES string of the molecule is c1ccc(-c2ccc(N(c3cccc(-c4ccc(C(c5ccccc5)(c5ccccc5)c5ccccc5)cc4)c3)c3ccc4c(c3)sc3ccccc34)cc2)cc1. The van der Waals surface area contributed by atoms with Gasteiger partial charge in [0.05, 0.1) is 5.41 Å². The summed E-state index contributed by atoms with van der Waals surface area (Å²) < 4.78 is 2.59. The number of anilines is 3. The molecular formula is C55H39NS. The van der Waals surface area contributed by atoms with Crippen molar-refractivity contribution in [1.29, 1.82) is 0 Å². The minimum Gasteiger partial charge on any atom is -0.310 e. The number of hydrogen-bond acceptors (Lipinski definition) is 2. The molecule has 0 aliphatic carbocycles. The molecule has 10 aromatic rings. The van der Waals surface area contributed by atoms with Crippen molar-refractivity contribution in [3.05, 3.63) is 259 Å². The minimum atomic E-state index is -0.488. The molecule has 9 aromatic carbocycles. The van der Waals surface area contributed by atoms with Crippen LogP contribution < -0.4 is 4.90 Å². The third-order valence-corrected chi connectivity index (χ3v) is 12.4. The van der Waals surface area contributed by atoms with Crippen LogP contribution in [0.4, 0.5) is 17.1 Å². The Morgan fingerprint density at radius 1 is 0.281 bits per heavy atom. The maximum Gasteiger partial charge on any atom is 0.0701 e. The Kier molecular flexibility index (Phi) is 9.02. The fraction of sp³-hybridized carbons (Fsp3) is 0.0182. The molecule has 0 aliphatic heterocycles. The molecule has 0 radical (unpaired) electrons. The number of benzene rings is 9. The molecule has 0 saturated heterocycles. The highest BCUT2D eigenvalue weighted by Gasteiger charge is 2.38. The van der Waals surface area contributed by atoms with Crippen LogP contribution in [-0.2, 0) is 5.41 Å². The molecular weight excluding hydrogens is 707 g/mol. The Hall–Kier alpha value is -7.00. The first kappa shape index (κ1) is 34.5. The van der Waals surface area contributed by atoms with Crippen LogP contribution in [0.15, 0.2) is 237 Å². The van der Waals surface area contributed by atoms with E-state index in [1.165, 1.54) is 59.1 Å². The summed E-state index contributed by atoms with van der Waals surface area (Å²) in [6.07, 6.45) is 0. The Labute approximate surface area is 338 Å². The second-order valence-corrected chi connectivity index (χ2v) is 15.6. The molecule has 0 atom stereocenters. The van der Waals surface area contributed by atoms with Crippen LogP contribution in [0.1, 0.15) is 22.3 Å². The first-order chi connectivity index (χ1) is 28.3. The Morgan fingerprint density at radius 2 is 0.719 bits per heavy atom. The average molecular weight is 746 g/mol. The van der Waals surface area contributed by atoms with Crippen molar-refractivity contribution < 1.29 is 0 Å². The highest BCUT2D eigenvalue weighted by molar-refractivity contribution is 7.25. The maximum absolute atomic E-state index is 2.39.